The van der Waals surface area contributed by atoms with Crippen LogP contribution in [0.1, 0.15) is 35.7 Å². The molecule has 4 heterocycles. The lowest BCUT2D eigenvalue weighted by Crippen LogP contribution is -2.30. The van der Waals surface area contributed by atoms with Gasteiger partial charge in [-0.1, -0.05) is 0 Å². The van der Waals surface area contributed by atoms with E-state index in [1.165, 1.54) is 17.5 Å². The number of carbonyl (C=O) groups excluding carboxylic acids is 2. The molecule has 2 fully saturated rings. The zero-order chi connectivity index (χ0) is 21.7. The number of imidazole rings is 1. The normalized spacial score (nSPS) is 16.5. The molecular formula is C21H24N8O2. The summed E-state index contributed by atoms with van der Waals surface area (Å²) in [5.74, 6) is 1.54. The van der Waals surface area contributed by atoms with Crippen molar-refractivity contribution in [2.45, 2.75) is 32.2 Å². The fourth-order valence-corrected chi connectivity index (χ4v) is 3.81. The van der Waals surface area contributed by atoms with Gasteiger partial charge < -0.3 is 15.0 Å². The summed E-state index contributed by atoms with van der Waals surface area (Å²) in [6.45, 7) is 2.41. The Morgan fingerprint density at radius 1 is 1.13 bits per heavy atom. The van der Waals surface area contributed by atoms with Gasteiger partial charge in [-0.25, -0.2) is 14.8 Å². The lowest BCUT2D eigenvalue weighted by molar-refractivity contribution is -0.123. The number of carbonyl (C=O) groups is 2. The van der Waals surface area contributed by atoms with Crippen LogP contribution in [0.3, 0.4) is 0 Å². The van der Waals surface area contributed by atoms with Crippen molar-refractivity contribution in [1.29, 1.82) is 0 Å². The van der Waals surface area contributed by atoms with Gasteiger partial charge in [0.25, 0.3) is 0 Å². The number of aryl methyl sites for hydroxylation is 1. The molecule has 0 bridgehead atoms. The van der Waals surface area contributed by atoms with E-state index in [9.17, 15) is 9.59 Å². The number of fused-ring (bicyclic) bond motifs is 1. The molecule has 0 atom stereocenters. The molecule has 10 heteroatoms. The summed E-state index contributed by atoms with van der Waals surface area (Å²) in [6.07, 6.45) is 6.31. The lowest BCUT2D eigenvalue weighted by atomic mass is 10.1. The lowest BCUT2D eigenvalue weighted by Gasteiger charge is -2.17. The van der Waals surface area contributed by atoms with Crippen molar-refractivity contribution in [2.75, 3.05) is 36.2 Å². The van der Waals surface area contributed by atoms with Gasteiger partial charge in [0.15, 0.2) is 5.65 Å². The zero-order valence-electron chi connectivity index (χ0n) is 17.7. The first-order valence-electron chi connectivity index (χ1n) is 10.3. The summed E-state index contributed by atoms with van der Waals surface area (Å²) in [6, 6.07) is 3.56. The van der Waals surface area contributed by atoms with Crippen LogP contribution in [0.15, 0.2) is 24.5 Å². The molecule has 31 heavy (non-hydrogen) atoms. The van der Waals surface area contributed by atoms with E-state index in [4.69, 9.17) is 4.98 Å². The molecular weight excluding hydrogens is 396 g/mol. The van der Waals surface area contributed by atoms with Crippen molar-refractivity contribution in [3.05, 3.63) is 41.5 Å². The van der Waals surface area contributed by atoms with E-state index in [-0.39, 0.29) is 18.5 Å². The highest BCUT2D eigenvalue weighted by Gasteiger charge is 2.36. The van der Waals surface area contributed by atoms with Crippen LogP contribution in [0.25, 0.3) is 5.65 Å². The average Bonchev–Trinajstić information content (AvgIpc) is 3.47. The highest BCUT2D eigenvalue weighted by Crippen LogP contribution is 2.42. The number of pyridine rings is 1. The van der Waals surface area contributed by atoms with Crippen molar-refractivity contribution >= 4 is 35.0 Å². The minimum Gasteiger partial charge on any atom is -0.364 e. The quantitative estimate of drug-likeness (QED) is 0.590. The summed E-state index contributed by atoms with van der Waals surface area (Å²) in [5, 5.41) is 6.24. The zero-order valence-corrected chi connectivity index (χ0v) is 17.7. The van der Waals surface area contributed by atoms with E-state index in [1.807, 2.05) is 29.7 Å². The van der Waals surface area contributed by atoms with E-state index in [1.54, 1.807) is 7.05 Å². The number of anilines is 3. The Balaban J connectivity index is 1.48. The minimum absolute atomic E-state index is 0.0343. The summed E-state index contributed by atoms with van der Waals surface area (Å²) in [4.78, 5) is 40.9. The summed E-state index contributed by atoms with van der Waals surface area (Å²) in [5.41, 5.74) is 4.16. The second kappa shape index (κ2) is 7.22. The first kappa shape index (κ1) is 19.3. The molecule has 0 aromatic carbocycles. The third kappa shape index (κ3) is 3.54. The highest BCUT2D eigenvalue weighted by atomic mass is 16.2. The van der Waals surface area contributed by atoms with Crippen molar-refractivity contribution < 1.29 is 9.59 Å². The Bertz CT molecular complexity index is 1200. The van der Waals surface area contributed by atoms with Gasteiger partial charge in [0.05, 0.1) is 17.9 Å². The molecule has 3 amide bonds. The molecule has 160 valence electrons. The molecule has 0 spiro atoms. The van der Waals surface area contributed by atoms with E-state index >= 15 is 0 Å². The van der Waals surface area contributed by atoms with Gasteiger partial charge in [-0.3, -0.25) is 14.6 Å². The Morgan fingerprint density at radius 3 is 2.61 bits per heavy atom. The number of hydrogen-bond acceptors (Lipinski definition) is 7. The SMILES string of the molecule is CNc1nc(C)cc(NCc2cn3cc(C4CC4)cc(N4CC(=O)N(C)C4=O)c3n2)n1. The molecule has 2 aliphatic rings. The number of amides is 3. The second-order valence-electron chi connectivity index (χ2n) is 8.04. The molecule has 3 aromatic rings. The Kier molecular flexibility index (Phi) is 4.49. The van der Waals surface area contributed by atoms with E-state index in [2.05, 4.69) is 26.8 Å². The molecule has 1 aliphatic carbocycles. The number of likely N-dealkylation sites (N-methyl/N-ethyl adjacent to an activating group) is 1. The van der Waals surface area contributed by atoms with Gasteiger partial charge in [-0.05, 0) is 37.3 Å². The van der Waals surface area contributed by atoms with Gasteiger partial charge in [0.1, 0.15) is 12.4 Å². The fourth-order valence-electron chi connectivity index (χ4n) is 3.81. The Morgan fingerprint density at radius 2 is 1.94 bits per heavy atom. The third-order valence-corrected chi connectivity index (χ3v) is 5.66. The Labute approximate surface area is 179 Å². The predicted octanol–water partition coefficient (Wildman–Crippen LogP) is 2.36. The molecule has 3 aromatic heterocycles. The number of nitrogens with one attached hydrogen (secondary N) is 2. The van der Waals surface area contributed by atoms with Crippen LogP contribution in [0.5, 0.6) is 0 Å². The number of hydrogen-bond donors (Lipinski definition) is 2. The largest absolute Gasteiger partial charge is 0.364 e. The summed E-state index contributed by atoms with van der Waals surface area (Å²) >= 11 is 0. The number of rotatable bonds is 6. The number of aromatic nitrogens is 4. The number of imide groups is 1. The van der Waals surface area contributed by atoms with Crippen LogP contribution < -0.4 is 15.5 Å². The van der Waals surface area contributed by atoms with E-state index in [0.29, 0.717) is 35.6 Å². The van der Waals surface area contributed by atoms with Crippen LogP contribution in [0.2, 0.25) is 0 Å². The Hall–Kier alpha value is -3.69. The van der Waals surface area contributed by atoms with Gasteiger partial charge in [0.2, 0.25) is 11.9 Å². The van der Waals surface area contributed by atoms with Crippen molar-refractivity contribution in [3.63, 3.8) is 0 Å². The van der Waals surface area contributed by atoms with Crippen LogP contribution in [0.4, 0.5) is 22.2 Å². The maximum atomic E-state index is 12.6. The van der Waals surface area contributed by atoms with Gasteiger partial charge in [-0.2, -0.15) is 4.98 Å². The standard InChI is InChI=1S/C21H24N8O2/c1-12-6-17(26-20(22-2)24-12)23-8-15-10-28-9-14(13-4-5-13)7-16(19(28)25-15)29-11-18(30)27(3)21(29)31/h6-7,9-10,13H,4-5,8,11H2,1-3H3,(H2,22,23,24,26). The maximum absolute atomic E-state index is 12.6. The highest BCUT2D eigenvalue weighted by molar-refractivity contribution is 6.13. The number of urea groups is 1. The first-order chi connectivity index (χ1) is 14.9. The van der Waals surface area contributed by atoms with E-state index in [0.717, 1.165) is 29.1 Å². The van der Waals surface area contributed by atoms with E-state index < -0.39 is 0 Å². The van der Waals surface area contributed by atoms with Crippen LogP contribution in [-0.2, 0) is 11.3 Å². The topological polar surface area (TPSA) is 108 Å². The average molecular weight is 420 g/mol. The molecule has 1 aliphatic heterocycles. The van der Waals surface area contributed by atoms with Crippen LogP contribution in [0, 0.1) is 6.92 Å². The number of nitrogens with zero attached hydrogens (tertiary/aromatic N) is 6. The first-order valence-corrected chi connectivity index (χ1v) is 10.3. The molecule has 0 unspecified atom stereocenters. The monoisotopic (exact) mass is 420 g/mol. The molecule has 1 saturated carbocycles. The summed E-state index contributed by atoms with van der Waals surface area (Å²) in [7, 11) is 3.29. The fraction of sp³-hybridized carbons (Fsp3) is 0.381. The van der Waals surface area contributed by atoms with Crippen LogP contribution in [-0.4, -0.2) is 56.8 Å². The van der Waals surface area contributed by atoms with Crippen molar-refractivity contribution in [2.24, 2.45) is 0 Å². The van der Waals surface area contributed by atoms with Gasteiger partial charge in [0, 0.05) is 38.2 Å². The van der Waals surface area contributed by atoms with Crippen molar-refractivity contribution in [1.82, 2.24) is 24.3 Å². The summed E-state index contributed by atoms with van der Waals surface area (Å²) < 4.78 is 1.96. The van der Waals surface area contributed by atoms with Gasteiger partial charge in [-0.15, -0.1) is 0 Å². The molecule has 10 nitrogen and oxygen atoms in total. The molecule has 2 N–H and O–H groups in total. The predicted molar refractivity (Wildman–Crippen MR) is 116 cm³/mol. The van der Waals surface area contributed by atoms with Crippen LogP contribution >= 0.6 is 0 Å². The molecule has 1 saturated heterocycles. The molecule has 0 radical (unpaired) electrons. The smallest absolute Gasteiger partial charge is 0.331 e. The maximum Gasteiger partial charge on any atom is 0.331 e. The van der Waals surface area contributed by atoms with Gasteiger partial charge >= 0.3 is 6.03 Å². The third-order valence-electron chi connectivity index (χ3n) is 5.66. The van der Waals surface area contributed by atoms with Crippen molar-refractivity contribution in [3.8, 4) is 0 Å². The minimum atomic E-state index is -0.321. The molecule has 5 rings (SSSR count). The second-order valence-corrected chi connectivity index (χ2v) is 8.04.